The Balaban J connectivity index is 0.00000288. The highest BCUT2D eigenvalue weighted by Crippen LogP contribution is 2.20. The Morgan fingerprint density at radius 3 is 2.79 bits per heavy atom. The standard InChI is InChI=1S/C18H31N3OS.HI/c1-15(17-10-6-13-23-17)14-21-18(19-2)20-11-7-12-22-16-8-4-3-5-9-16;/h6,10,13,15-16H,3-5,7-9,11-12,14H2,1-2H3,(H2,19,20,21);1H. The lowest BCUT2D eigenvalue weighted by Gasteiger charge is -2.22. The Morgan fingerprint density at radius 1 is 1.33 bits per heavy atom. The Kier molecular flexibility index (Phi) is 11.7. The number of guanidine groups is 1. The second-order valence-electron chi connectivity index (χ2n) is 6.28. The molecule has 24 heavy (non-hydrogen) atoms. The molecule has 0 aromatic carbocycles. The molecule has 2 N–H and O–H groups in total. The number of nitrogens with one attached hydrogen (secondary N) is 2. The Hall–Kier alpha value is -0.340. The highest BCUT2D eigenvalue weighted by atomic mass is 127. The van der Waals surface area contributed by atoms with Gasteiger partial charge in [0.15, 0.2) is 5.96 Å². The van der Waals surface area contributed by atoms with Crippen molar-refractivity contribution in [3.05, 3.63) is 22.4 Å². The molecular formula is C18H32IN3OS. The van der Waals surface area contributed by atoms with Crippen LogP contribution in [0.1, 0.15) is 56.2 Å². The van der Waals surface area contributed by atoms with Crippen molar-refractivity contribution in [2.24, 2.45) is 4.99 Å². The molecule has 1 saturated carbocycles. The summed E-state index contributed by atoms with van der Waals surface area (Å²) in [6, 6.07) is 4.30. The van der Waals surface area contributed by atoms with Crippen LogP contribution in [0.2, 0.25) is 0 Å². The van der Waals surface area contributed by atoms with E-state index in [4.69, 9.17) is 4.74 Å². The maximum absolute atomic E-state index is 5.95. The first-order valence-electron chi connectivity index (χ1n) is 8.89. The molecule has 138 valence electrons. The smallest absolute Gasteiger partial charge is 0.190 e. The van der Waals surface area contributed by atoms with Crippen LogP contribution in [0.25, 0.3) is 0 Å². The summed E-state index contributed by atoms with van der Waals surface area (Å²) in [7, 11) is 1.82. The van der Waals surface area contributed by atoms with Crippen LogP contribution in [0.3, 0.4) is 0 Å². The second kappa shape index (κ2) is 12.9. The summed E-state index contributed by atoms with van der Waals surface area (Å²) in [5.74, 6) is 1.38. The molecule has 1 aliphatic carbocycles. The average molecular weight is 465 g/mol. The largest absolute Gasteiger partial charge is 0.378 e. The summed E-state index contributed by atoms with van der Waals surface area (Å²) >= 11 is 1.81. The van der Waals surface area contributed by atoms with Gasteiger partial charge >= 0.3 is 0 Å². The third-order valence-corrected chi connectivity index (χ3v) is 5.45. The molecule has 6 heteroatoms. The van der Waals surface area contributed by atoms with Gasteiger partial charge in [-0.1, -0.05) is 32.3 Å². The van der Waals surface area contributed by atoms with Gasteiger partial charge in [-0.15, -0.1) is 35.3 Å². The highest BCUT2D eigenvalue weighted by Gasteiger charge is 2.13. The summed E-state index contributed by atoms with van der Waals surface area (Å²) in [5, 5.41) is 8.90. The van der Waals surface area contributed by atoms with E-state index in [1.807, 2.05) is 18.4 Å². The van der Waals surface area contributed by atoms with E-state index < -0.39 is 0 Å². The van der Waals surface area contributed by atoms with E-state index in [0.717, 1.165) is 32.1 Å². The molecule has 1 heterocycles. The van der Waals surface area contributed by atoms with Gasteiger partial charge in [-0.2, -0.15) is 0 Å². The van der Waals surface area contributed by atoms with Crippen molar-refractivity contribution in [2.45, 2.75) is 57.5 Å². The topological polar surface area (TPSA) is 45.7 Å². The van der Waals surface area contributed by atoms with Crippen LogP contribution in [0, 0.1) is 0 Å². The van der Waals surface area contributed by atoms with Crippen LogP contribution < -0.4 is 10.6 Å². The predicted molar refractivity (Wildman–Crippen MR) is 115 cm³/mol. The van der Waals surface area contributed by atoms with E-state index >= 15 is 0 Å². The summed E-state index contributed by atoms with van der Waals surface area (Å²) in [6.07, 6.45) is 8.08. The van der Waals surface area contributed by atoms with Gasteiger partial charge in [0.1, 0.15) is 0 Å². The van der Waals surface area contributed by atoms with Crippen molar-refractivity contribution in [3.8, 4) is 0 Å². The van der Waals surface area contributed by atoms with E-state index in [1.54, 1.807) is 0 Å². The molecule has 1 unspecified atom stereocenters. The molecule has 1 aromatic heterocycles. The molecule has 1 aliphatic rings. The number of halogens is 1. The molecule has 1 fully saturated rings. The number of hydrogen-bond donors (Lipinski definition) is 2. The SMILES string of the molecule is CN=C(NCCCOC1CCCCC1)NCC(C)c1cccs1.I. The third kappa shape index (κ3) is 8.16. The first-order chi connectivity index (χ1) is 11.3. The number of ether oxygens (including phenoxy) is 1. The van der Waals surface area contributed by atoms with Crippen molar-refractivity contribution in [1.82, 2.24) is 10.6 Å². The molecule has 4 nitrogen and oxygen atoms in total. The van der Waals surface area contributed by atoms with Crippen LogP contribution in [0.5, 0.6) is 0 Å². The zero-order valence-corrected chi connectivity index (χ0v) is 18.1. The summed E-state index contributed by atoms with van der Waals surface area (Å²) < 4.78 is 5.95. The van der Waals surface area contributed by atoms with Crippen molar-refractivity contribution in [3.63, 3.8) is 0 Å². The molecule has 1 aromatic rings. The van der Waals surface area contributed by atoms with Gasteiger partial charge in [0.05, 0.1) is 6.10 Å². The zero-order valence-electron chi connectivity index (χ0n) is 14.9. The summed E-state index contributed by atoms with van der Waals surface area (Å²) in [5.41, 5.74) is 0. The monoisotopic (exact) mass is 465 g/mol. The molecule has 0 aliphatic heterocycles. The van der Waals surface area contributed by atoms with Gasteiger partial charge in [0, 0.05) is 37.5 Å². The van der Waals surface area contributed by atoms with Gasteiger partial charge in [-0.3, -0.25) is 4.99 Å². The second-order valence-corrected chi connectivity index (χ2v) is 7.26. The lowest BCUT2D eigenvalue weighted by atomic mass is 9.98. The van der Waals surface area contributed by atoms with Crippen LogP contribution in [0.4, 0.5) is 0 Å². The zero-order chi connectivity index (χ0) is 16.3. The highest BCUT2D eigenvalue weighted by molar-refractivity contribution is 14.0. The predicted octanol–water partition coefficient (Wildman–Crippen LogP) is 4.37. The molecule has 0 bridgehead atoms. The molecule has 0 spiro atoms. The Labute approximate surface area is 167 Å². The van der Waals surface area contributed by atoms with Gasteiger partial charge in [-0.05, 0) is 30.7 Å². The lowest BCUT2D eigenvalue weighted by molar-refractivity contribution is 0.0277. The normalized spacial score (nSPS) is 17.2. The number of aliphatic imine (C=N–C) groups is 1. The van der Waals surface area contributed by atoms with E-state index in [1.165, 1.54) is 37.0 Å². The van der Waals surface area contributed by atoms with Crippen molar-refractivity contribution >= 4 is 41.3 Å². The van der Waals surface area contributed by atoms with Crippen molar-refractivity contribution < 1.29 is 4.74 Å². The molecule has 1 atom stereocenters. The van der Waals surface area contributed by atoms with E-state index in [2.05, 4.69) is 40.1 Å². The summed E-state index contributed by atoms with van der Waals surface area (Å²) in [6.45, 7) is 4.89. The van der Waals surface area contributed by atoms with Crippen LogP contribution in [0.15, 0.2) is 22.5 Å². The molecule has 2 rings (SSSR count). The van der Waals surface area contributed by atoms with E-state index in [0.29, 0.717) is 12.0 Å². The fourth-order valence-corrected chi connectivity index (χ4v) is 3.69. The number of nitrogens with zero attached hydrogens (tertiary/aromatic N) is 1. The maximum Gasteiger partial charge on any atom is 0.190 e. The molecule has 0 amide bonds. The van der Waals surface area contributed by atoms with E-state index in [-0.39, 0.29) is 24.0 Å². The van der Waals surface area contributed by atoms with Gasteiger partial charge in [0.25, 0.3) is 0 Å². The van der Waals surface area contributed by atoms with Crippen LogP contribution >= 0.6 is 35.3 Å². The quantitative estimate of drug-likeness (QED) is 0.259. The average Bonchev–Trinajstić information content (AvgIpc) is 3.12. The minimum atomic E-state index is 0. The number of rotatable bonds is 8. The fourth-order valence-electron chi connectivity index (χ4n) is 2.90. The number of thiophene rings is 1. The first kappa shape index (κ1) is 21.7. The molecule has 0 saturated heterocycles. The Bertz CT molecular complexity index is 447. The van der Waals surface area contributed by atoms with Crippen molar-refractivity contribution in [1.29, 1.82) is 0 Å². The van der Waals surface area contributed by atoms with Gasteiger partial charge in [-0.25, -0.2) is 0 Å². The lowest BCUT2D eigenvalue weighted by Crippen LogP contribution is -2.39. The van der Waals surface area contributed by atoms with Gasteiger partial charge < -0.3 is 15.4 Å². The van der Waals surface area contributed by atoms with Crippen molar-refractivity contribution in [2.75, 3.05) is 26.7 Å². The third-order valence-electron chi connectivity index (χ3n) is 4.35. The molecule has 0 radical (unpaired) electrons. The van der Waals surface area contributed by atoms with Crippen LogP contribution in [-0.4, -0.2) is 38.8 Å². The minimum absolute atomic E-state index is 0. The Morgan fingerprint density at radius 2 is 2.12 bits per heavy atom. The first-order valence-corrected chi connectivity index (χ1v) is 9.77. The van der Waals surface area contributed by atoms with E-state index in [9.17, 15) is 0 Å². The number of hydrogen-bond acceptors (Lipinski definition) is 3. The fraction of sp³-hybridized carbons (Fsp3) is 0.722. The van der Waals surface area contributed by atoms with Gasteiger partial charge in [0.2, 0.25) is 0 Å². The minimum Gasteiger partial charge on any atom is -0.378 e. The summed E-state index contributed by atoms with van der Waals surface area (Å²) in [4.78, 5) is 5.70. The molecular weight excluding hydrogens is 433 g/mol. The van der Waals surface area contributed by atoms with Crippen LogP contribution in [-0.2, 0) is 4.74 Å². The maximum atomic E-state index is 5.95.